The third-order valence-electron chi connectivity index (χ3n) is 5.09. The van der Waals surface area contributed by atoms with Crippen LogP contribution in [0.5, 0.6) is 0 Å². The van der Waals surface area contributed by atoms with Crippen LogP contribution in [0.25, 0.3) is 0 Å². The molecule has 1 nitrogen and oxygen atoms in total. The Labute approximate surface area is 143 Å². The van der Waals surface area contributed by atoms with E-state index < -0.39 is 0 Å². The predicted molar refractivity (Wildman–Crippen MR) is 98.4 cm³/mol. The number of aryl methyl sites for hydroxylation is 2. The monoisotopic (exact) mass is 371 g/mol. The molecule has 1 heterocycles. The van der Waals surface area contributed by atoms with E-state index in [-0.39, 0.29) is 0 Å². The Kier molecular flexibility index (Phi) is 7.24. The van der Waals surface area contributed by atoms with Crippen LogP contribution in [0.3, 0.4) is 0 Å². The third-order valence-corrected chi connectivity index (χ3v) is 6.68. The summed E-state index contributed by atoms with van der Waals surface area (Å²) in [6.07, 6.45) is 12.5. The summed E-state index contributed by atoms with van der Waals surface area (Å²) in [5.41, 5.74) is 2.18. The van der Waals surface area contributed by atoms with Crippen molar-refractivity contribution in [3.05, 3.63) is 20.3 Å². The van der Waals surface area contributed by atoms with Gasteiger partial charge in [0.2, 0.25) is 0 Å². The minimum absolute atomic E-state index is 0.611. The van der Waals surface area contributed by atoms with E-state index in [2.05, 4.69) is 41.2 Å². The zero-order chi connectivity index (χ0) is 15.1. The molecule has 0 amide bonds. The Hall–Kier alpha value is 0.140. The normalized spacial score (nSPS) is 18.0. The fourth-order valence-electron chi connectivity index (χ4n) is 3.71. The van der Waals surface area contributed by atoms with E-state index >= 15 is 0 Å². The van der Waals surface area contributed by atoms with E-state index in [0.29, 0.717) is 5.41 Å². The van der Waals surface area contributed by atoms with Crippen molar-refractivity contribution in [2.45, 2.75) is 71.6 Å². The molecule has 21 heavy (non-hydrogen) atoms. The number of hydrogen-bond donors (Lipinski definition) is 1. The van der Waals surface area contributed by atoms with Gasteiger partial charge in [-0.15, -0.1) is 11.3 Å². The van der Waals surface area contributed by atoms with Gasteiger partial charge in [0.15, 0.2) is 0 Å². The molecule has 0 unspecified atom stereocenters. The van der Waals surface area contributed by atoms with Crippen molar-refractivity contribution in [3.63, 3.8) is 0 Å². The molecule has 0 radical (unpaired) electrons. The van der Waals surface area contributed by atoms with Crippen molar-refractivity contribution in [2.75, 3.05) is 13.1 Å². The maximum absolute atomic E-state index is 3.63. The molecule has 3 heteroatoms. The van der Waals surface area contributed by atoms with Gasteiger partial charge in [-0.1, -0.05) is 26.2 Å². The second-order valence-electron chi connectivity index (χ2n) is 6.69. The lowest BCUT2D eigenvalue weighted by Gasteiger charge is -2.38. The van der Waals surface area contributed by atoms with Gasteiger partial charge in [-0.05, 0) is 91.5 Å². The third kappa shape index (κ3) is 5.37. The van der Waals surface area contributed by atoms with E-state index in [4.69, 9.17) is 0 Å². The van der Waals surface area contributed by atoms with Crippen LogP contribution in [0.1, 0.15) is 68.7 Å². The second-order valence-corrected chi connectivity index (χ2v) is 9.33. The summed E-state index contributed by atoms with van der Waals surface area (Å²) in [6.45, 7) is 6.90. The Balaban J connectivity index is 1.90. The van der Waals surface area contributed by atoms with Gasteiger partial charge in [-0.25, -0.2) is 0 Å². The number of halogens is 1. The van der Waals surface area contributed by atoms with Gasteiger partial charge in [0, 0.05) is 4.88 Å². The molecule has 1 aromatic heterocycles. The Morgan fingerprint density at radius 1 is 1.19 bits per heavy atom. The summed E-state index contributed by atoms with van der Waals surface area (Å²) < 4.78 is 1.29. The molecule has 1 aliphatic carbocycles. The molecule has 2 rings (SSSR count). The maximum atomic E-state index is 3.63. The summed E-state index contributed by atoms with van der Waals surface area (Å²) in [5, 5.41) is 3.62. The Morgan fingerprint density at radius 2 is 1.95 bits per heavy atom. The summed E-state index contributed by atoms with van der Waals surface area (Å²) in [6, 6.07) is 2.34. The van der Waals surface area contributed by atoms with Crippen LogP contribution >= 0.6 is 27.3 Å². The largest absolute Gasteiger partial charge is 0.317 e. The SMILES string of the molecule is CCCNCCC1(CCc2cc(Br)sc2C)CCCCC1. The predicted octanol–water partition coefficient (Wildman–Crippen LogP) is 6.09. The molecule has 0 saturated heterocycles. The molecular weight excluding hydrogens is 342 g/mol. The van der Waals surface area contributed by atoms with Gasteiger partial charge < -0.3 is 5.32 Å². The molecule has 1 saturated carbocycles. The standard InChI is InChI=1S/C18H30BrNS/c1-3-12-20-13-11-18(8-5-4-6-9-18)10-7-16-14-17(19)21-15(16)2/h14,20H,3-13H2,1-2H3. The lowest BCUT2D eigenvalue weighted by atomic mass is 9.68. The van der Waals surface area contributed by atoms with Crippen LogP contribution < -0.4 is 5.32 Å². The van der Waals surface area contributed by atoms with E-state index in [1.165, 1.54) is 79.5 Å². The highest BCUT2D eigenvalue weighted by atomic mass is 79.9. The summed E-state index contributed by atoms with van der Waals surface area (Å²) in [7, 11) is 0. The highest BCUT2D eigenvalue weighted by Gasteiger charge is 2.31. The summed E-state index contributed by atoms with van der Waals surface area (Å²) in [4.78, 5) is 1.50. The van der Waals surface area contributed by atoms with Crippen molar-refractivity contribution in [1.29, 1.82) is 0 Å². The maximum Gasteiger partial charge on any atom is 0.0704 e. The van der Waals surface area contributed by atoms with Gasteiger partial charge in [0.1, 0.15) is 0 Å². The van der Waals surface area contributed by atoms with Crippen LogP contribution in [-0.4, -0.2) is 13.1 Å². The average molecular weight is 372 g/mol. The molecule has 1 aliphatic rings. The Morgan fingerprint density at radius 3 is 2.57 bits per heavy atom. The van der Waals surface area contributed by atoms with Crippen molar-refractivity contribution in [3.8, 4) is 0 Å². The molecule has 1 N–H and O–H groups in total. The number of nitrogens with one attached hydrogen (secondary N) is 1. The van der Waals surface area contributed by atoms with Gasteiger partial charge in [-0.3, -0.25) is 0 Å². The first-order valence-electron chi connectivity index (χ1n) is 8.61. The topological polar surface area (TPSA) is 12.0 Å². The molecule has 120 valence electrons. The minimum Gasteiger partial charge on any atom is -0.317 e. The minimum atomic E-state index is 0.611. The quantitative estimate of drug-likeness (QED) is 0.544. The molecule has 0 aliphatic heterocycles. The highest BCUT2D eigenvalue weighted by Crippen LogP contribution is 2.43. The van der Waals surface area contributed by atoms with Crippen LogP contribution in [0, 0.1) is 12.3 Å². The number of hydrogen-bond acceptors (Lipinski definition) is 2. The zero-order valence-electron chi connectivity index (χ0n) is 13.6. The van der Waals surface area contributed by atoms with E-state index in [9.17, 15) is 0 Å². The summed E-state index contributed by atoms with van der Waals surface area (Å²) in [5.74, 6) is 0. The first-order valence-corrected chi connectivity index (χ1v) is 10.2. The number of rotatable bonds is 8. The van der Waals surface area contributed by atoms with Crippen molar-refractivity contribution in [2.24, 2.45) is 5.41 Å². The van der Waals surface area contributed by atoms with E-state index in [0.717, 1.165) is 0 Å². The summed E-state index contributed by atoms with van der Waals surface area (Å²) >= 11 is 5.51. The lowest BCUT2D eigenvalue weighted by molar-refractivity contribution is 0.156. The van der Waals surface area contributed by atoms with Crippen molar-refractivity contribution < 1.29 is 0 Å². The van der Waals surface area contributed by atoms with Crippen LogP contribution in [0.2, 0.25) is 0 Å². The smallest absolute Gasteiger partial charge is 0.0704 e. The molecule has 0 aromatic carbocycles. The first-order chi connectivity index (χ1) is 10.2. The van der Waals surface area contributed by atoms with Crippen molar-refractivity contribution in [1.82, 2.24) is 5.32 Å². The first kappa shape index (κ1) is 17.5. The molecule has 1 aromatic rings. The molecule has 0 atom stereocenters. The number of thiophene rings is 1. The van der Waals surface area contributed by atoms with Gasteiger partial charge >= 0.3 is 0 Å². The lowest BCUT2D eigenvalue weighted by Crippen LogP contribution is -2.30. The fourth-order valence-corrected chi connectivity index (χ4v) is 5.50. The van der Waals surface area contributed by atoms with Gasteiger partial charge in [0.25, 0.3) is 0 Å². The average Bonchev–Trinajstić information content (AvgIpc) is 2.81. The van der Waals surface area contributed by atoms with Crippen LogP contribution in [0.4, 0.5) is 0 Å². The fraction of sp³-hybridized carbons (Fsp3) is 0.778. The second kappa shape index (κ2) is 8.69. The van der Waals surface area contributed by atoms with Crippen LogP contribution in [0.15, 0.2) is 9.85 Å². The van der Waals surface area contributed by atoms with Crippen LogP contribution in [-0.2, 0) is 6.42 Å². The molecule has 0 bridgehead atoms. The molecular formula is C18H30BrNS. The molecule has 0 spiro atoms. The van der Waals surface area contributed by atoms with E-state index in [1.807, 2.05) is 11.3 Å². The highest BCUT2D eigenvalue weighted by molar-refractivity contribution is 9.11. The van der Waals surface area contributed by atoms with Gasteiger partial charge in [0.05, 0.1) is 3.79 Å². The van der Waals surface area contributed by atoms with Crippen molar-refractivity contribution >= 4 is 27.3 Å². The Bertz CT molecular complexity index is 421. The molecule has 1 fully saturated rings. The van der Waals surface area contributed by atoms with Gasteiger partial charge in [-0.2, -0.15) is 0 Å². The van der Waals surface area contributed by atoms with E-state index in [1.54, 1.807) is 5.56 Å². The zero-order valence-corrected chi connectivity index (χ0v) is 16.0.